The fourth-order valence-electron chi connectivity index (χ4n) is 3.90. The Balaban J connectivity index is 1.68. The van der Waals surface area contributed by atoms with Gasteiger partial charge in [0, 0.05) is 19.1 Å². The molecule has 1 N–H and O–H groups in total. The average molecular weight is 292 g/mol. The summed E-state index contributed by atoms with van der Waals surface area (Å²) in [6, 6.07) is 4.21. The van der Waals surface area contributed by atoms with Crippen molar-refractivity contribution in [1.29, 1.82) is 0 Å². The topological polar surface area (TPSA) is 56.9 Å². The molecule has 5 heteroatoms. The molecule has 0 saturated carbocycles. The number of carboxylic acids is 1. The molecule has 3 rings (SSSR count). The van der Waals surface area contributed by atoms with Gasteiger partial charge >= 0.3 is 5.97 Å². The molecule has 3 atom stereocenters. The van der Waals surface area contributed by atoms with Crippen LogP contribution >= 0.6 is 0 Å². The number of likely N-dealkylation sites (tertiary alicyclic amines) is 2. The second kappa shape index (κ2) is 5.81. The maximum absolute atomic E-state index is 10.9. The average Bonchev–Trinajstić information content (AvgIpc) is 2.96. The second-order valence-corrected chi connectivity index (χ2v) is 6.42. The summed E-state index contributed by atoms with van der Waals surface area (Å²) in [5.41, 5.74) is 0. The first-order chi connectivity index (χ1) is 10.1. The summed E-state index contributed by atoms with van der Waals surface area (Å²) in [6.07, 6.45) is 3.78. The zero-order chi connectivity index (χ0) is 15.0. The van der Waals surface area contributed by atoms with Crippen molar-refractivity contribution >= 4 is 5.97 Å². The van der Waals surface area contributed by atoms with Gasteiger partial charge in [-0.3, -0.25) is 4.90 Å². The maximum Gasteiger partial charge on any atom is 0.371 e. The third-order valence-electron chi connectivity index (χ3n) is 5.17. The van der Waals surface area contributed by atoms with Crippen LogP contribution in [-0.4, -0.2) is 53.6 Å². The van der Waals surface area contributed by atoms with Crippen molar-refractivity contribution in [3.8, 4) is 0 Å². The monoisotopic (exact) mass is 292 g/mol. The molecule has 21 heavy (non-hydrogen) atoms. The number of rotatable bonds is 3. The van der Waals surface area contributed by atoms with E-state index in [4.69, 9.17) is 9.52 Å². The molecule has 116 valence electrons. The third kappa shape index (κ3) is 2.85. The highest BCUT2D eigenvalue weighted by Crippen LogP contribution is 2.33. The normalized spacial score (nSPS) is 29.0. The van der Waals surface area contributed by atoms with E-state index in [-0.39, 0.29) is 11.8 Å². The Labute approximate surface area is 125 Å². The number of carboxylic acid groups (broad SMARTS) is 1. The van der Waals surface area contributed by atoms with Crippen molar-refractivity contribution < 1.29 is 14.3 Å². The molecule has 2 aliphatic heterocycles. The molecule has 0 spiro atoms. The van der Waals surface area contributed by atoms with Crippen molar-refractivity contribution in [3.05, 3.63) is 23.7 Å². The van der Waals surface area contributed by atoms with E-state index in [0.29, 0.717) is 6.04 Å². The van der Waals surface area contributed by atoms with Gasteiger partial charge in [-0.15, -0.1) is 0 Å². The van der Waals surface area contributed by atoms with Crippen LogP contribution in [0.4, 0.5) is 0 Å². The number of fused-ring (bicyclic) bond motifs is 1. The molecule has 0 bridgehead atoms. The van der Waals surface area contributed by atoms with Crippen molar-refractivity contribution in [3.63, 3.8) is 0 Å². The zero-order valence-electron chi connectivity index (χ0n) is 12.8. The van der Waals surface area contributed by atoms with Gasteiger partial charge in [-0.25, -0.2) is 4.79 Å². The lowest BCUT2D eigenvalue weighted by atomic mass is 9.83. The van der Waals surface area contributed by atoms with E-state index in [0.717, 1.165) is 24.8 Å². The molecule has 0 aliphatic carbocycles. The summed E-state index contributed by atoms with van der Waals surface area (Å²) in [5.74, 6) is 0.522. The minimum Gasteiger partial charge on any atom is -0.475 e. The molecule has 0 aromatic carbocycles. The molecule has 2 aliphatic rings. The second-order valence-electron chi connectivity index (χ2n) is 6.42. The van der Waals surface area contributed by atoms with Crippen LogP contribution in [0.25, 0.3) is 0 Å². The molecule has 5 nitrogen and oxygen atoms in total. The van der Waals surface area contributed by atoms with E-state index in [9.17, 15) is 4.79 Å². The first-order valence-electron chi connectivity index (χ1n) is 7.83. The van der Waals surface area contributed by atoms with Crippen molar-refractivity contribution in [2.24, 2.45) is 5.92 Å². The van der Waals surface area contributed by atoms with E-state index in [1.807, 2.05) is 0 Å². The van der Waals surface area contributed by atoms with E-state index in [1.54, 1.807) is 12.1 Å². The molecular weight excluding hydrogens is 268 g/mol. The van der Waals surface area contributed by atoms with Crippen LogP contribution < -0.4 is 0 Å². The lowest BCUT2D eigenvalue weighted by molar-refractivity contribution is 0.0187. The molecule has 1 aromatic rings. The number of furan rings is 1. The van der Waals surface area contributed by atoms with Crippen LogP contribution in [0.1, 0.15) is 48.5 Å². The van der Waals surface area contributed by atoms with Gasteiger partial charge in [0.25, 0.3) is 0 Å². The molecule has 2 fully saturated rings. The highest BCUT2D eigenvalue weighted by Gasteiger charge is 2.36. The summed E-state index contributed by atoms with van der Waals surface area (Å²) in [6.45, 7) is 5.46. The van der Waals surface area contributed by atoms with Gasteiger partial charge in [-0.05, 0) is 57.8 Å². The van der Waals surface area contributed by atoms with Gasteiger partial charge in [0.2, 0.25) is 5.76 Å². The minimum atomic E-state index is -0.999. The number of nitrogens with zero attached hydrogens (tertiary/aromatic N) is 2. The van der Waals surface area contributed by atoms with Gasteiger partial charge in [-0.1, -0.05) is 0 Å². The van der Waals surface area contributed by atoms with E-state index >= 15 is 0 Å². The summed E-state index contributed by atoms with van der Waals surface area (Å²) in [5, 5.41) is 8.96. The predicted octanol–water partition coefficient (Wildman–Crippen LogP) is 2.45. The highest BCUT2D eigenvalue weighted by atomic mass is 16.4. The Kier molecular flexibility index (Phi) is 4.04. The minimum absolute atomic E-state index is 0.0316. The van der Waals surface area contributed by atoms with Crippen molar-refractivity contribution in [1.82, 2.24) is 9.80 Å². The Bertz CT molecular complexity index is 513. The fourth-order valence-corrected chi connectivity index (χ4v) is 3.90. The Hall–Kier alpha value is -1.33. The molecular formula is C16H24N2O3. The quantitative estimate of drug-likeness (QED) is 0.927. The Morgan fingerprint density at radius 2 is 2.19 bits per heavy atom. The number of hydrogen-bond acceptors (Lipinski definition) is 4. The lowest BCUT2D eigenvalue weighted by Gasteiger charge is -2.47. The smallest absolute Gasteiger partial charge is 0.371 e. The molecule has 0 amide bonds. The highest BCUT2D eigenvalue weighted by molar-refractivity contribution is 5.84. The molecule has 0 radical (unpaired) electrons. The lowest BCUT2D eigenvalue weighted by Crippen LogP contribution is -2.52. The Morgan fingerprint density at radius 1 is 1.38 bits per heavy atom. The first kappa shape index (κ1) is 14.6. The van der Waals surface area contributed by atoms with Crippen molar-refractivity contribution in [2.45, 2.75) is 38.3 Å². The van der Waals surface area contributed by atoms with E-state index in [1.165, 1.54) is 25.8 Å². The number of carbonyl (C=O) groups is 1. The fraction of sp³-hybridized carbons (Fsp3) is 0.688. The van der Waals surface area contributed by atoms with Crippen LogP contribution in [0.5, 0.6) is 0 Å². The Morgan fingerprint density at radius 3 is 2.90 bits per heavy atom. The number of piperidine rings is 2. The van der Waals surface area contributed by atoms with E-state index < -0.39 is 5.97 Å². The van der Waals surface area contributed by atoms with Gasteiger partial charge in [-0.2, -0.15) is 0 Å². The SMILES string of the molecule is CC(c1ccc(C(=O)O)o1)N1CCC2C(CCCN2C)C1. The number of aromatic carboxylic acids is 1. The molecule has 3 heterocycles. The summed E-state index contributed by atoms with van der Waals surface area (Å²) in [4.78, 5) is 15.9. The standard InChI is InChI=1S/C16H24N2O3/c1-11(14-5-6-15(21-14)16(19)20)18-9-7-13-12(10-18)4-3-8-17(13)2/h5-6,11-13H,3-4,7-10H2,1-2H3,(H,19,20). The summed E-state index contributed by atoms with van der Waals surface area (Å²) in [7, 11) is 2.24. The summed E-state index contributed by atoms with van der Waals surface area (Å²) < 4.78 is 5.47. The van der Waals surface area contributed by atoms with Gasteiger partial charge in [0.1, 0.15) is 5.76 Å². The van der Waals surface area contributed by atoms with Crippen LogP contribution in [0, 0.1) is 5.92 Å². The van der Waals surface area contributed by atoms with Crippen LogP contribution in [-0.2, 0) is 0 Å². The van der Waals surface area contributed by atoms with Gasteiger partial charge in [0.15, 0.2) is 0 Å². The third-order valence-corrected chi connectivity index (χ3v) is 5.17. The van der Waals surface area contributed by atoms with Crippen LogP contribution in [0.2, 0.25) is 0 Å². The predicted molar refractivity (Wildman–Crippen MR) is 79.4 cm³/mol. The van der Waals surface area contributed by atoms with Gasteiger partial charge in [0.05, 0.1) is 6.04 Å². The van der Waals surface area contributed by atoms with Crippen molar-refractivity contribution in [2.75, 3.05) is 26.7 Å². The molecule has 1 aromatic heterocycles. The first-order valence-corrected chi connectivity index (χ1v) is 7.83. The van der Waals surface area contributed by atoms with E-state index in [2.05, 4.69) is 23.8 Å². The van der Waals surface area contributed by atoms with Crippen LogP contribution in [0.3, 0.4) is 0 Å². The summed E-state index contributed by atoms with van der Waals surface area (Å²) >= 11 is 0. The maximum atomic E-state index is 10.9. The van der Waals surface area contributed by atoms with Gasteiger partial charge < -0.3 is 14.4 Å². The molecule has 3 unspecified atom stereocenters. The number of hydrogen-bond donors (Lipinski definition) is 1. The van der Waals surface area contributed by atoms with Crippen LogP contribution in [0.15, 0.2) is 16.5 Å². The molecule has 2 saturated heterocycles. The largest absolute Gasteiger partial charge is 0.475 e. The zero-order valence-corrected chi connectivity index (χ0v) is 12.8.